The summed E-state index contributed by atoms with van der Waals surface area (Å²) in [6.07, 6.45) is 0.893. The van der Waals surface area contributed by atoms with Crippen LogP contribution >= 0.6 is 0 Å². The predicted octanol–water partition coefficient (Wildman–Crippen LogP) is 3.17. The van der Waals surface area contributed by atoms with Gasteiger partial charge < -0.3 is 4.79 Å². The van der Waals surface area contributed by atoms with Crippen LogP contribution in [0, 0.1) is 12.7 Å². The first-order chi connectivity index (χ1) is 6.86. The first-order valence-electron chi connectivity index (χ1n) is 5.09. The van der Waals surface area contributed by atoms with E-state index in [1.807, 2.05) is 33.8 Å². The van der Waals surface area contributed by atoms with E-state index in [1.54, 1.807) is 0 Å². The number of halogens is 1. The molecule has 0 amide bonds. The lowest BCUT2D eigenvalue weighted by molar-refractivity contribution is -0.107. The Morgan fingerprint density at radius 3 is 2.33 bits per heavy atom. The van der Waals surface area contributed by atoms with Crippen LogP contribution in [0.5, 0.6) is 0 Å². The van der Waals surface area contributed by atoms with Crippen LogP contribution in [-0.2, 0) is 16.6 Å². The van der Waals surface area contributed by atoms with Crippen molar-refractivity contribution in [1.82, 2.24) is 0 Å². The van der Waals surface area contributed by atoms with Gasteiger partial charge in [0.15, 0.2) is 0 Å². The molecule has 15 heavy (non-hydrogen) atoms. The standard InChI is InChI=1S/C13H17FO/c1-9-7-10(13(2,3)4)8-12(14)11(9)5-6-15/h6-8H,5H2,1-4H3. The monoisotopic (exact) mass is 208 g/mol. The molecule has 0 fully saturated rings. The molecular formula is C13H17FO. The Kier molecular flexibility index (Phi) is 3.28. The van der Waals surface area contributed by atoms with Crippen LogP contribution in [0.3, 0.4) is 0 Å². The van der Waals surface area contributed by atoms with Gasteiger partial charge in [0.25, 0.3) is 0 Å². The zero-order chi connectivity index (χ0) is 11.6. The largest absolute Gasteiger partial charge is 0.303 e. The van der Waals surface area contributed by atoms with E-state index in [1.165, 1.54) is 6.07 Å². The topological polar surface area (TPSA) is 17.1 Å². The molecule has 1 rings (SSSR count). The molecular weight excluding hydrogens is 191 g/mol. The average molecular weight is 208 g/mol. The van der Waals surface area contributed by atoms with E-state index < -0.39 is 0 Å². The minimum absolute atomic E-state index is 0.0642. The second-order valence-corrected chi connectivity index (χ2v) is 4.87. The van der Waals surface area contributed by atoms with Crippen molar-refractivity contribution in [3.63, 3.8) is 0 Å². The first kappa shape index (κ1) is 11.9. The third kappa shape index (κ3) is 2.65. The van der Waals surface area contributed by atoms with Crippen LogP contribution < -0.4 is 0 Å². The number of aryl methyl sites for hydroxylation is 1. The maximum absolute atomic E-state index is 13.7. The quantitative estimate of drug-likeness (QED) is 0.682. The van der Waals surface area contributed by atoms with E-state index in [-0.39, 0.29) is 17.7 Å². The maximum atomic E-state index is 13.7. The first-order valence-corrected chi connectivity index (χ1v) is 5.09. The molecule has 0 N–H and O–H groups in total. The van der Waals surface area contributed by atoms with Crippen molar-refractivity contribution in [2.75, 3.05) is 0 Å². The van der Waals surface area contributed by atoms with Crippen LogP contribution in [0.1, 0.15) is 37.5 Å². The minimum Gasteiger partial charge on any atom is -0.303 e. The predicted molar refractivity (Wildman–Crippen MR) is 59.6 cm³/mol. The van der Waals surface area contributed by atoms with Gasteiger partial charge in [0.05, 0.1) is 0 Å². The lowest BCUT2D eigenvalue weighted by atomic mass is 9.85. The molecule has 0 aromatic heterocycles. The molecule has 0 heterocycles. The Balaban J connectivity index is 3.25. The molecule has 0 bridgehead atoms. The fourth-order valence-corrected chi connectivity index (χ4v) is 1.55. The molecule has 0 saturated heterocycles. The molecule has 1 aromatic carbocycles. The fourth-order valence-electron chi connectivity index (χ4n) is 1.55. The highest BCUT2D eigenvalue weighted by molar-refractivity contribution is 5.56. The lowest BCUT2D eigenvalue weighted by Gasteiger charge is -2.20. The van der Waals surface area contributed by atoms with E-state index in [4.69, 9.17) is 0 Å². The average Bonchev–Trinajstić information content (AvgIpc) is 2.09. The highest BCUT2D eigenvalue weighted by atomic mass is 19.1. The molecule has 0 aliphatic rings. The highest BCUT2D eigenvalue weighted by Gasteiger charge is 2.17. The zero-order valence-corrected chi connectivity index (χ0v) is 9.73. The maximum Gasteiger partial charge on any atom is 0.127 e. The molecule has 1 nitrogen and oxygen atoms in total. The Labute approximate surface area is 90.3 Å². The van der Waals surface area contributed by atoms with Crippen molar-refractivity contribution in [1.29, 1.82) is 0 Å². The molecule has 82 valence electrons. The van der Waals surface area contributed by atoms with Gasteiger partial charge in [-0.2, -0.15) is 0 Å². The summed E-state index contributed by atoms with van der Waals surface area (Å²) in [5.41, 5.74) is 2.27. The summed E-state index contributed by atoms with van der Waals surface area (Å²) in [6.45, 7) is 7.97. The van der Waals surface area contributed by atoms with E-state index in [0.29, 0.717) is 5.56 Å². The van der Waals surface area contributed by atoms with Crippen molar-refractivity contribution in [2.24, 2.45) is 0 Å². The van der Waals surface area contributed by atoms with Gasteiger partial charge in [0, 0.05) is 6.42 Å². The lowest BCUT2D eigenvalue weighted by Crippen LogP contribution is -2.13. The van der Waals surface area contributed by atoms with E-state index in [0.717, 1.165) is 17.4 Å². The van der Waals surface area contributed by atoms with E-state index >= 15 is 0 Å². The Morgan fingerprint density at radius 1 is 1.33 bits per heavy atom. The Bertz CT molecular complexity index is 352. The summed E-state index contributed by atoms with van der Waals surface area (Å²) in [5.74, 6) is -0.271. The summed E-state index contributed by atoms with van der Waals surface area (Å²) >= 11 is 0. The molecule has 0 aliphatic heterocycles. The van der Waals surface area contributed by atoms with Gasteiger partial charge in [-0.3, -0.25) is 0 Å². The highest BCUT2D eigenvalue weighted by Crippen LogP contribution is 2.26. The van der Waals surface area contributed by atoms with Gasteiger partial charge in [0.2, 0.25) is 0 Å². The third-order valence-corrected chi connectivity index (χ3v) is 2.57. The molecule has 0 atom stereocenters. The van der Waals surface area contributed by atoms with Crippen LogP contribution in [0.4, 0.5) is 4.39 Å². The molecule has 0 spiro atoms. The number of hydrogen-bond donors (Lipinski definition) is 0. The van der Waals surface area contributed by atoms with Gasteiger partial charge in [-0.05, 0) is 35.1 Å². The van der Waals surface area contributed by atoms with Crippen LogP contribution in [0.2, 0.25) is 0 Å². The van der Waals surface area contributed by atoms with Crippen molar-refractivity contribution in [3.8, 4) is 0 Å². The Hall–Kier alpha value is -1.18. The molecule has 0 radical (unpaired) electrons. The molecule has 2 heteroatoms. The summed E-state index contributed by atoms with van der Waals surface area (Å²) < 4.78 is 13.7. The zero-order valence-electron chi connectivity index (χ0n) is 9.73. The number of aldehydes is 1. The van der Waals surface area contributed by atoms with Gasteiger partial charge >= 0.3 is 0 Å². The number of benzene rings is 1. The molecule has 0 saturated carbocycles. The Morgan fingerprint density at radius 2 is 1.93 bits per heavy atom. The van der Waals surface area contributed by atoms with Gasteiger partial charge in [0.1, 0.15) is 12.1 Å². The number of hydrogen-bond acceptors (Lipinski definition) is 1. The summed E-state index contributed by atoms with van der Waals surface area (Å²) in [6, 6.07) is 3.49. The fraction of sp³-hybridized carbons (Fsp3) is 0.462. The van der Waals surface area contributed by atoms with Gasteiger partial charge in [-0.15, -0.1) is 0 Å². The van der Waals surface area contributed by atoms with E-state index in [9.17, 15) is 9.18 Å². The van der Waals surface area contributed by atoms with Crippen molar-refractivity contribution >= 4 is 6.29 Å². The summed E-state index contributed by atoms with van der Waals surface area (Å²) in [5, 5.41) is 0. The van der Waals surface area contributed by atoms with Crippen LogP contribution in [0.15, 0.2) is 12.1 Å². The van der Waals surface area contributed by atoms with Crippen molar-refractivity contribution in [2.45, 2.75) is 39.5 Å². The van der Waals surface area contributed by atoms with Gasteiger partial charge in [-0.1, -0.05) is 26.8 Å². The molecule has 0 unspecified atom stereocenters. The molecule has 1 aromatic rings. The van der Waals surface area contributed by atoms with Gasteiger partial charge in [-0.25, -0.2) is 4.39 Å². The van der Waals surface area contributed by atoms with Crippen molar-refractivity contribution < 1.29 is 9.18 Å². The van der Waals surface area contributed by atoms with Crippen molar-refractivity contribution in [3.05, 3.63) is 34.6 Å². The smallest absolute Gasteiger partial charge is 0.127 e. The van der Waals surface area contributed by atoms with Crippen LogP contribution in [0.25, 0.3) is 0 Å². The SMILES string of the molecule is Cc1cc(C(C)(C)C)cc(F)c1CC=O. The van der Waals surface area contributed by atoms with Crippen LogP contribution in [-0.4, -0.2) is 6.29 Å². The molecule has 0 aliphatic carbocycles. The second-order valence-electron chi connectivity index (χ2n) is 4.87. The minimum atomic E-state index is -0.271. The number of carbonyl (C=O) groups excluding carboxylic acids is 1. The van der Waals surface area contributed by atoms with E-state index in [2.05, 4.69) is 0 Å². The number of carbonyl (C=O) groups is 1. The second kappa shape index (κ2) is 4.13. The summed E-state index contributed by atoms with van der Waals surface area (Å²) in [7, 11) is 0. The summed E-state index contributed by atoms with van der Waals surface area (Å²) in [4.78, 5) is 10.4. The third-order valence-electron chi connectivity index (χ3n) is 2.57. The number of rotatable bonds is 2. The normalized spacial score (nSPS) is 11.5.